The van der Waals surface area contributed by atoms with Crippen LogP contribution in [0.4, 0.5) is 5.69 Å². The smallest absolute Gasteiger partial charge is 0.373 e. The van der Waals surface area contributed by atoms with Crippen LogP contribution >= 0.6 is 23.2 Å². The Labute approximate surface area is 196 Å². The second-order valence-corrected chi connectivity index (χ2v) is 9.44. The van der Waals surface area contributed by atoms with Crippen LogP contribution in [0.2, 0.25) is 6.82 Å². The molecule has 170 valence electrons. The van der Waals surface area contributed by atoms with Crippen LogP contribution in [0.3, 0.4) is 0 Å². The van der Waals surface area contributed by atoms with Gasteiger partial charge in [-0.1, -0.05) is 30.3 Å². The fourth-order valence-electron chi connectivity index (χ4n) is 3.74. The van der Waals surface area contributed by atoms with Gasteiger partial charge in [-0.25, -0.2) is 0 Å². The lowest BCUT2D eigenvalue weighted by atomic mass is 9.85. The lowest BCUT2D eigenvalue weighted by molar-refractivity contribution is -0.155. The van der Waals surface area contributed by atoms with Crippen molar-refractivity contribution in [3.63, 3.8) is 0 Å². The molecule has 0 radical (unpaired) electrons. The van der Waals surface area contributed by atoms with E-state index in [4.69, 9.17) is 27.9 Å². The third kappa shape index (κ3) is 8.19. The van der Waals surface area contributed by atoms with Crippen LogP contribution in [0.1, 0.15) is 32.8 Å². The number of alkyl halides is 2. The van der Waals surface area contributed by atoms with Gasteiger partial charge < -0.3 is 19.9 Å². The second-order valence-electron chi connectivity index (χ2n) is 8.69. The van der Waals surface area contributed by atoms with Crippen LogP contribution in [0.25, 0.3) is 10.8 Å². The Morgan fingerprint density at radius 2 is 1.74 bits per heavy atom. The van der Waals surface area contributed by atoms with Gasteiger partial charge in [0.25, 0.3) is 0 Å². The molecule has 2 N–H and O–H groups in total. The molecule has 0 bridgehead atoms. The number of esters is 1. The van der Waals surface area contributed by atoms with Crippen molar-refractivity contribution in [1.29, 1.82) is 0 Å². The molecule has 0 aliphatic heterocycles. The Hall–Kier alpha value is -1.47. The van der Waals surface area contributed by atoms with E-state index in [0.29, 0.717) is 31.3 Å². The van der Waals surface area contributed by atoms with Crippen molar-refractivity contribution in [2.24, 2.45) is 0 Å². The first kappa shape index (κ1) is 25.8. The van der Waals surface area contributed by atoms with E-state index in [9.17, 15) is 9.82 Å². The summed E-state index contributed by atoms with van der Waals surface area (Å²) < 4.78 is 5.49. The third-order valence-electron chi connectivity index (χ3n) is 4.82. The molecule has 2 rings (SSSR count). The summed E-state index contributed by atoms with van der Waals surface area (Å²) in [5.74, 6) is 0.744. The summed E-state index contributed by atoms with van der Waals surface area (Å²) in [5, 5.41) is 15.2. The van der Waals surface area contributed by atoms with Crippen LogP contribution in [0, 0.1) is 0 Å². The molecule has 2 aromatic rings. The van der Waals surface area contributed by atoms with E-state index in [1.165, 1.54) is 0 Å². The highest BCUT2D eigenvalue weighted by molar-refractivity contribution is 6.45. The van der Waals surface area contributed by atoms with Gasteiger partial charge in [-0.2, -0.15) is 0 Å². The van der Waals surface area contributed by atoms with Crippen molar-refractivity contribution in [2.75, 3.05) is 29.7 Å². The summed E-state index contributed by atoms with van der Waals surface area (Å²) in [7, 11) is -0.735. The topological polar surface area (TPSA) is 61.8 Å². The van der Waals surface area contributed by atoms with Gasteiger partial charge in [0.15, 0.2) is 0 Å². The lowest BCUT2D eigenvalue weighted by Crippen LogP contribution is -2.43. The molecular formula is C23H33BCl2N2O3. The lowest BCUT2D eigenvalue weighted by Gasteiger charge is -2.26. The number of nitrogens with one attached hydrogen (secondary N) is 1. The molecule has 0 unspecified atom stereocenters. The molecule has 0 spiro atoms. The summed E-state index contributed by atoms with van der Waals surface area (Å²) in [4.78, 5) is 14.6. The zero-order valence-electron chi connectivity index (χ0n) is 18.8. The Morgan fingerprint density at radius 1 is 1.13 bits per heavy atom. The van der Waals surface area contributed by atoms with E-state index in [1.807, 2.05) is 32.9 Å². The van der Waals surface area contributed by atoms with Gasteiger partial charge in [0.05, 0.1) is 6.42 Å². The molecule has 0 heterocycles. The molecule has 0 saturated carbocycles. The first-order valence-corrected chi connectivity index (χ1v) is 11.7. The molecule has 0 aliphatic rings. The standard InChI is InChI=1S/C23H33BCl2N2O3/c1-23(2,3)31-22(29)16-18(27-24(4)30)15-17-9-10-21(28(13-11-25)14-12-26)20-8-6-5-7-19(17)20/h5-10,18,27,30H,11-16H2,1-4H3/t18-/m0/s1. The number of halogens is 2. The van der Waals surface area contributed by atoms with Gasteiger partial charge in [0, 0.05) is 42.0 Å². The Balaban J connectivity index is 2.35. The van der Waals surface area contributed by atoms with Gasteiger partial charge in [0.2, 0.25) is 0 Å². The van der Waals surface area contributed by atoms with E-state index < -0.39 is 12.7 Å². The molecular weight excluding hydrogens is 434 g/mol. The predicted octanol–water partition coefficient (Wildman–Crippen LogP) is 4.47. The highest BCUT2D eigenvalue weighted by atomic mass is 35.5. The SMILES string of the molecule is CB(O)N[C@H](CC(=O)OC(C)(C)C)Cc1ccc(N(CCCl)CCCl)c2ccccc12. The molecule has 1 atom stereocenters. The minimum absolute atomic E-state index is 0.170. The Bertz CT molecular complexity index is 852. The normalized spacial score (nSPS) is 12.6. The summed E-state index contributed by atoms with van der Waals surface area (Å²) in [6, 6.07) is 12.1. The third-order valence-corrected chi connectivity index (χ3v) is 5.16. The summed E-state index contributed by atoms with van der Waals surface area (Å²) in [6.07, 6.45) is 0.749. The maximum Gasteiger partial charge on any atom is 0.373 e. The number of rotatable bonds is 11. The molecule has 0 amide bonds. The average molecular weight is 467 g/mol. The quantitative estimate of drug-likeness (QED) is 0.290. The average Bonchev–Trinajstić information content (AvgIpc) is 2.66. The van der Waals surface area contributed by atoms with Crippen molar-refractivity contribution in [3.8, 4) is 0 Å². The molecule has 0 fully saturated rings. The van der Waals surface area contributed by atoms with E-state index in [-0.39, 0.29) is 18.4 Å². The van der Waals surface area contributed by atoms with Crippen molar-refractivity contribution < 1.29 is 14.6 Å². The maximum atomic E-state index is 12.4. The van der Waals surface area contributed by atoms with Crippen molar-refractivity contribution >= 4 is 52.7 Å². The van der Waals surface area contributed by atoms with Crippen LogP contribution in [0.15, 0.2) is 36.4 Å². The van der Waals surface area contributed by atoms with Crippen LogP contribution in [0.5, 0.6) is 0 Å². The van der Waals surface area contributed by atoms with Gasteiger partial charge in [-0.15, -0.1) is 23.2 Å². The Kier molecular flexibility index (Phi) is 9.95. The van der Waals surface area contributed by atoms with E-state index in [0.717, 1.165) is 22.0 Å². The first-order valence-electron chi connectivity index (χ1n) is 10.7. The fourth-order valence-corrected chi connectivity index (χ4v) is 4.15. The minimum Gasteiger partial charge on any atom is -0.460 e. The summed E-state index contributed by atoms with van der Waals surface area (Å²) in [6.45, 7) is 8.62. The van der Waals surface area contributed by atoms with E-state index >= 15 is 0 Å². The highest BCUT2D eigenvalue weighted by Crippen LogP contribution is 2.31. The van der Waals surface area contributed by atoms with Crippen molar-refractivity contribution in [2.45, 2.75) is 52.1 Å². The fraction of sp³-hybridized carbons (Fsp3) is 0.522. The zero-order valence-corrected chi connectivity index (χ0v) is 20.3. The number of anilines is 1. The molecule has 2 aromatic carbocycles. The van der Waals surface area contributed by atoms with Gasteiger partial charge in [-0.05, 0) is 51.0 Å². The minimum atomic E-state index is -0.735. The van der Waals surface area contributed by atoms with Gasteiger partial charge in [0.1, 0.15) is 5.60 Å². The second kappa shape index (κ2) is 12.0. The summed E-state index contributed by atoms with van der Waals surface area (Å²) in [5.41, 5.74) is 1.64. The number of carbonyl (C=O) groups is 1. The number of hydrogen-bond donors (Lipinski definition) is 2. The van der Waals surface area contributed by atoms with E-state index in [2.05, 4.69) is 34.4 Å². The molecule has 31 heavy (non-hydrogen) atoms. The zero-order chi connectivity index (χ0) is 23.0. The molecule has 5 nitrogen and oxygen atoms in total. The molecule has 0 saturated heterocycles. The van der Waals surface area contributed by atoms with Crippen LogP contribution in [-0.2, 0) is 16.0 Å². The number of hydrogen-bond acceptors (Lipinski definition) is 5. The number of benzene rings is 2. The van der Waals surface area contributed by atoms with Gasteiger partial charge >= 0.3 is 13.0 Å². The predicted molar refractivity (Wildman–Crippen MR) is 133 cm³/mol. The van der Waals surface area contributed by atoms with Crippen LogP contribution in [-0.4, -0.2) is 54.5 Å². The number of nitrogens with zero attached hydrogens (tertiary/aromatic N) is 1. The maximum absolute atomic E-state index is 12.4. The van der Waals surface area contributed by atoms with E-state index in [1.54, 1.807) is 6.82 Å². The van der Waals surface area contributed by atoms with Crippen LogP contribution < -0.4 is 10.1 Å². The number of ether oxygens (including phenoxy) is 1. The van der Waals surface area contributed by atoms with Gasteiger partial charge in [-0.3, -0.25) is 4.79 Å². The number of carbonyl (C=O) groups excluding carboxylic acids is 1. The Morgan fingerprint density at radius 3 is 2.29 bits per heavy atom. The van der Waals surface area contributed by atoms with Crippen molar-refractivity contribution in [3.05, 3.63) is 42.0 Å². The van der Waals surface area contributed by atoms with Crippen molar-refractivity contribution in [1.82, 2.24) is 5.23 Å². The first-order chi connectivity index (χ1) is 14.6. The molecule has 0 aliphatic carbocycles. The highest BCUT2D eigenvalue weighted by Gasteiger charge is 2.23. The largest absolute Gasteiger partial charge is 0.460 e. The summed E-state index contributed by atoms with van der Waals surface area (Å²) >= 11 is 12.0. The molecule has 0 aromatic heterocycles. The monoisotopic (exact) mass is 466 g/mol. The number of fused-ring (bicyclic) bond motifs is 1. The molecule has 8 heteroatoms.